The Morgan fingerprint density at radius 2 is 1.23 bits per heavy atom. The Kier molecular flexibility index (Phi) is 5.54. The zero-order chi connectivity index (χ0) is 21.3. The van der Waals surface area contributed by atoms with Crippen LogP contribution in [0, 0.1) is 0 Å². The van der Waals surface area contributed by atoms with Gasteiger partial charge in [-0.25, -0.2) is 0 Å². The van der Waals surface area contributed by atoms with Crippen LogP contribution in [0.25, 0.3) is 22.2 Å². The summed E-state index contributed by atoms with van der Waals surface area (Å²) in [4.78, 5) is 0. The van der Waals surface area contributed by atoms with Gasteiger partial charge in [-0.3, -0.25) is 0 Å². The van der Waals surface area contributed by atoms with Gasteiger partial charge in [0.25, 0.3) is 0 Å². The average Bonchev–Trinajstić information content (AvgIpc) is 3.04. The normalized spacial score (nSPS) is 12.0. The number of hydrogen-bond donors (Lipinski definition) is 0. The Morgan fingerprint density at radius 3 is 1.83 bits per heavy atom. The molecule has 4 aromatic rings. The van der Waals surface area contributed by atoms with Gasteiger partial charge < -0.3 is 4.57 Å². The molecular weight excluding hydrogens is 366 g/mol. The quantitative estimate of drug-likeness (QED) is 0.303. The number of hydrogen-bond acceptors (Lipinski definition) is 2. The van der Waals surface area contributed by atoms with Crippen molar-refractivity contribution in [3.05, 3.63) is 83.9 Å². The van der Waals surface area contributed by atoms with Crippen molar-refractivity contribution in [2.75, 3.05) is 0 Å². The van der Waals surface area contributed by atoms with E-state index in [2.05, 4.69) is 105 Å². The van der Waals surface area contributed by atoms with Crippen molar-refractivity contribution in [1.82, 2.24) is 4.57 Å². The van der Waals surface area contributed by atoms with E-state index in [-0.39, 0.29) is 0 Å². The molecule has 0 radical (unpaired) electrons. The Morgan fingerprint density at radius 1 is 0.667 bits per heavy atom. The van der Waals surface area contributed by atoms with Crippen LogP contribution in [0.5, 0.6) is 0 Å². The fourth-order valence-electron chi connectivity index (χ4n) is 3.86. The summed E-state index contributed by atoms with van der Waals surface area (Å²) in [6, 6.07) is 25.6. The highest BCUT2D eigenvalue weighted by atomic mass is 15.1. The number of rotatable bonds is 5. The maximum absolute atomic E-state index is 4.74. The fraction of sp³-hybridized carbons (Fsp3) is 0.259. The molecule has 0 N–H and O–H groups in total. The van der Waals surface area contributed by atoms with Crippen LogP contribution in [-0.4, -0.2) is 4.57 Å². The number of aryl methyl sites for hydroxylation is 1. The van der Waals surface area contributed by atoms with Gasteiger partial charge in [0.1, 0.15) is 5.69 Å². The molecule has 0 fully saturated rings. The van der Waals surface area contributed by atoms with E-state index in [0.29, 0.717) is 11.8 Å². The van der Waals surface area contributed by atoms with Gasteiger partial charge in [0, 0.05) is 18.0 Å². The number of nitrogens with zero attached hydrogens (tertiary/aromatic N) is 3. The maximum Gasteiger partial charge on any atom is 0.119 e. The Bertz CT molecular complexity index is 1180. The summed E-state index contributed by atoms with van der Waals surface area (Å²) in [5.41, 5.74) is 7.84. The summed E-state index contributed by atoms with van der Waals surface area (Å²) in [5.74, 6) is 1.02. The fourth-order valence-corrected chi connectivity index (χ4v) is 3.86. The molecule has 0 amide bonds. The minimum Gasteiger partial charge on any atom is -0.342 e. The van der Waals surface area contributed by atoms with Crippen LogP contribution in [0.4, 0.5) is 11.4 Å². The van der Waals surface area contributed by atoms with Gasteiger partial charge in [0.05, 0.1) is 16.9 Å². The van der Waals surface area contributed by atoms with Crippen molar-refractivity contribution in [3.8, 4) is 11.3 Å². The summed E-state index contributed by atoms with van der Waals surface area (Å²) in [7, 11) is 2.10. The maximum atomic E-state index is 4.74. The Hall–Kier alpha value is -3.20. The first-order valence-electron chi connectivity index (χ1n) is 10.6. The number of azo groups is 1. The highest BCUT2D eigenvalue weighted by molar-refractivity contribution is 6.00. The van der Waals surface area contributed by atoms with Gasteiger partial charge in [0.15, 0.2) is 0 Å². The van der Waals surface area contributed by atoms with E-state index in [1.807, 2.05) is 12.1 Å². The summed E-state index contributed by atoms with van der Waals surface area (Å²) in [6.07, 6.45) is 0. The van der Waals surface area contributed by atoms with Crippen LogP contribution in [0.3, 0.4) is 0 Å². The SMILES string of the molecule is CC(C)c1ccc(N=Nc2c(-c3ccc(C(C)C)cc3)n(C)c3ccccc23)cc1. The Labute approximate surface area is 179 Å². The lowest BCUT2D eigenvalue weighted by Gasteiger charge is -2.09. The lowest BCUT2D eigenvalue weighted by molar-refractivity contribution is 0.866. The number of benzene rings is 3. The highest BCUT2D eigenvalue weighted by Gasteiger charge is 2.17. The summed E-state index contributed by atoms with van der Waals surface area (Å²) in [6.45, 7) is 8.83. The number of para-hydroxylation sites is 1. The van der Waals surface area contributed by atoms with E-state index in [9.17, 15) is 0 Å². The van der Waals surface area contributed by atoms with Gasteiger partial charge >= 0.3 is 0 Å². The lowest BCUT2D eigenvalue weighted by atomic mass is 10.0. The molecule has 4 rings (SSSR count). The van der Waals surface area contributed by atoms with Crippen LogP contribution in [-0.2, 0) is 7.05 Å². The molecule has 30 heavy (non-hydrogen) atoms. The first-order chi connectivity index (χ1) is 14.5. The second kappa shape index (κ2) is 8.27. The molecule has 1 aromatic heterocycles. The van der Waals surface area contributed by atoms with E-state index < -0.39 is 0 Å². The zero-order valence-electron chi connectivity index (χ0n) is 18.4. The minimum absolute atomic E-state index is 0.509. The molecule has 0 saturated heterocycles. The van der Waals surface area contributed by atoms with Crippen LogP contribution < -0.4 is 0 Å². The van der Waals surface area contributed by atoms with Crippen LogP contribution >= 0.6 is 0 Å². The predicted octanol–water partition coefficient (Wildman–Crippen LogP) is 8.51. The molecule has 0 unspecified atom stereocenters. The first-order valence-corrected chi connectivity index (χ1v) is 10.6. The molecule has 0 spiro atoms. The summed E-state index contributed by atoms with van der Waals surface area (Å²) < 4.78 is 2.22. The van der Waals surface area contributed by atoms with Crippen molar-refractivity contribution in [2.24, 2.45) is 17.3 Å². The molecule has 0 aliphatic heterocycles. The van der Waals surface area contributed by atoms with E-state index in [1.54, 1.807) is 0 Å². The predicted molar refractivity (Wildman–Crippen MR) is 127 cm³/mol. The third-order valence-electron chi connectivity index (χ3n) is 5.76. The third kappa shape index (κ3) is 3.80. The highest BCUT2D eigenvalue weighted by Crippen LogP contribution is 2.40. The molecule has 0 saturated carbocycles. The van der Waals surface area contributed by atoms with Gasteiger partial charge in [-0.15, -0.1) is 5.11 Å². The molecule has 1 heterocycles. The standard InChI is InChI=1S/C27H29N3/c1-18(2)20-10-12-22(13-11-20)27-26(24-8-6-7-9-25(24)30(27)5)29-28-23-16-14-21(15-17-23)19(3)4/h6-19H,1-5H3. The summed E-state index contributed by atoms with van der Waals surface area (Å²) >= 11 is 0. The van der Waals surface area contributed by atoms with Crippen molar-refractivity contribution >= 4 is 22.3 Å². The van der Waals surface area contributed by atoms with E-state index in [1.165, 1.54) is 11.1 Å². The van der Waals surface area contributed by atoms with Crippen molar-refractivity contribution in [1.29, 1.82) is 0 Å². The van der Waals surface area contributed by atoms with E-state index >= 15 is 0 Å². The number of aromatic nitrogens is 1. The molecule has 0 aliphatic rings. The van der Waals surface area contributed by atoms with Gasteiger partial charge in [0.2, 0.25) is 0 Å². The molecule has 3 nitrogen and oxygen atoms in total. The number of fused-ring (bicyclic) bond motifs is 1. The summed E-state index contributed by atoms with van der Waals surface area (Å²) in [5, 5.41) is 10.4. The average molecular weight is 396 g/mol. The van der Waals surface area contributed by atoms with Gasteiger partial charge in [-0.05, 0) is 41.2 Å². The molecule has 0 bridgehead atoms. The van der Waals surface area contributed by atoms with E-state index in [4.69, 9.17) is 5.11 Å². The molecule has 3 aromatic carbocycles. The second-order valence-electron chi connectivity index (χ2n) is 8.50. The largest absolute Gasteiger partial charge is 0.342 e. The smallest absolute Gasteiger partial charge is 0.119 e. The molecule has 3 heteroatoms. The minimum atomic E-state index is 0.509. The second-order valence-corrected chi connectivity index (χ2v) is 8.50. The van der Waals surface area contributed by atoms with Gasteiger partial charge in [-0.1, -0.05) is 82.3 Å². The monoisotopic (exact) mass is 395 g/mol. The van der Waals surface area contributed by atoms with Crippen molar-refractivity contribution in [3.63, 3.8) is 0 Å². The lowest BCUT2D eigenvalue weighted by Crippen LogP contribution is -1.92. The zero-order valence-corrected chi connectivity index (χ0v) is 18.4. The Balaban J connectivity index is 1.81. The third-order valence-corrected chi connectivity index (χ3v) is 5.76. The van der Waals surface area contributed by atoms with E-state index in [0.717, 1.165) is 33.5 Å². The molecule has 0 atom stereocenters. The van der Waals surface area contributed by atoms with Crippen LogP contribution in [0.15, 0.2) is 83.0 Å². The topological polar surface area (TPSA) is 29.6 Å². The van der Waals surface area contributed by atoms with Crippen LogP contribution in [0.2, 0.25) is 0 Å². The van der Waals surface area contributed by atoms with Crippen molar-refractivity contribution in [2.45, 2.75) is 39.5 Å². The van der Waals surface area contributed by atoms with Crippen LogP contribution in [0.1, 0.15) is 50.7 Å². The molecule has 152 valence electrons. The first kappa shape index (κ1) is 20.1. The molecule has 0 aliphatic carbocycles. The van der Waals surface area contributed by atoms with Gasteiger partial charge in [-0.2, -0.15) is 5.11 Å². The molecular formula is C27H29N3. The van der Waals surface area contributed by atoms with Crippen molar-refractivity contribution < 1.29 is 0 Å².